The quantitative estimate of drug-likeness (QED) is 0.915. The van der Waals surface area contributed by atoms with Crippen LogP contribution in [0.2, 0.25) is 0 Å². The van der Waals surface area contributed by atoms with Crippen LogP contribution in [-0.2, 0) is 6.54 Å². The Morgan fingerprint density at radius 1 is 1.38 bits per heavy atom. The van der Waals surface area contributed by atoms with E-state index in [1.54, 1.807) is 4.52 Å². The minimum absolute atomic E-state index is 0.0658. The number of fused-ring (bicyclic) bond motifs is 1. The van der Waals surface area contributed by atoms with Crippen LogP contribution < -0.4 is 10.9 Å². The van der Waals surface area contributed by atoms with Crippen LogP contribution in [0.15, 0.2) is 23.3 Å². The molecule has 0 aliphatic heterocycles. The molecule has 1 N–H and O–H groups in total. The maximum absolute atomic E-state index is 12.4. The molecule has 1 aliphatic rings. The Morgan fingerprint density at radius 3 is 3.05 bits per heavy atom. The van der Waals surface area contributed by atoms with E-state index in [2.05, 4.69) is 17.3 Å². The van der Waals surface area contributed by atoms with Crippen molar-refractivity contribution in [2.75, 3.05) is 6.54 Å². The standard InChI is InChI=1S/C16H24N4O/c1-3-17-14-6-4-5-13(14)7-8-19-9-10-20-15(16(19)21)11-12(2)18-20/h9-11,13-14,17H,3-8H2,1-2H3. The number of hydrogen-bond donors (Lipinski definition) is 1. The Labute approximate surface area is 125 Å². The van der Waals surface area contributed by atoms with Gasteiger partial charge in [-0.05, 0) is 44.7 Å². The van der Waals surface area contributed by atoms with Gasteiger partial charge in [0.1, 0.15) is 5.52 Å². The zero-order valence-electron chi connectivity index (χ0n) is 12.9. The average Bonchev–Trinajstić information content (AvgIpc) is 3.05. The first kappa shape index (κ1) is 14.3. The summed E-state index contributed by atoms with van der Waals surface area (Å²) in [6.45, 7) is 5.90. The first-order chi connectivity index (χ1) is 10.2. The van der Waals surface area contributed by atoms with Crippen molar-refractivity contribution in [3.8, 4) is 0 Å². The van der Waals surface area contributed by atoms with E-state index < -0.39 is 0 Å². The van der Waals surface area contributed by atoms with Crippen LogP contribution in [0, 0.1) is 12.8 Å². The highest BCUT2D eigenvalue weighted by atomic mass is 16.1. The lowest BCUT2D eigenvalue weighted by Gasteiger charge is -2.20. The first-order valence-corrected chi connectivity index (χ1v) is 7.98. The van der Waals surface area contributed by atoms with Gasteiger partial charge in [0.15, 0.2) is 0 Å². The van der Waals surface area contributed by atoms with Gasteiger partial charge in [-0.2, -0.15) is 5.10 Å². The van der Waals surface area contributed by atoms with Gasteiger partial charge in [-0.25, -0.2) is 4.52 Å². The van der Waals surface area contributed by atoms with E-state index in [0.29, 0.717) is 17.5 Å². The minimum atomic E-state index is 0.0658. The van der Waals surface area contributed by atoms with Gasteiger partial charge < -0.3 is 9.88 Å². The zero-order chi connectivity index (χ0) is 14.8. The maximum Gasteiger partial charge on any atom is 0.276 e. The lowest BCUT2D eigenvalue weighted by molar-refractivity contribution is 0.364. The highest BCUT2D eigenvalue weighted by Crippen LogP contribution is 2.28. The van der Waals surface area contributed by atoms with Crippen molar-refractivity contribution in [1.29, 1.82) is 0 Å². The molecule has 0 radical (unpaired) electrons. The van der Waals surface area contributed by atoms with Gasteiger partial charge in [0.25, 0.3) is 5.56 Å². The summed E-state index contributed by atoms with van der Waals surface area (Å²) in [7, 11) is 0. The van der Waals surface area contributed by atoms with Crippen molar-refractivity contribution in [3.63, 3.8) is 0 Å². The van der Waals surface area contributed by atoms with Crippen molar-refractivity contribution in [3.05, 3.63) is 34.5 Å². The summed E-state index contributed by atoms with van der Waals surface area (Å²) in [5.74, 6) is 0.694. The molecule has 0 bridgehead atoms. The van der Waals surface area contributed by atoms with E-state index in [1.165, 1.54) is 19.3 Å². The number of rotatable bonds is 5. The van der Waals surface area contributed by atoms with Crippen LogP contribution in [0.1, 0.15) is 38.3 Å². The molecule has 2 aromatic heterocycles. The summed E-state index contributed by atoms with van der Waals surface area (Å²) >= 11 is 0. The Kier molecular flexibility index (Phi) is 4.10. The number of aryl methyl sites for hydroxylation is 2. The van der Waals surface area contributed by atoms with E-state index in [1.807, 2.05) is 30.0 Å². The molecule has 2 atom stereocenters. The van der Waals surface area contributed by atoms with E-state index in [9.17, 15) is 4.79 Å². The number of nitrogens with zero attached hydrogens (tertiary/aromatic N) is 3. The van der Waals surface area contributed by atoms with Crippen LogP contribution in [0.4, 0.5) is 0 Å². The molecule has 114 valence electrons. The van der Waals surface area contributed by atoms with Gasteiger partial charge in [-0.1, -0.05) is 13.3 Å². The topological polar surface area (TPSA) is 51.3 Å². The second kappa shape index (κ2) is 6.02. The third kappa shape index (κ3) is 2.88. The highest BCUT2D eigenvalue weighted by Gasteiger charge is 2.26. The number of hydrogen-bond acceptors (Lipinski definition) is 3. The molecule has 1 fully saturated rings. The van der Waals surface area contributed by atoms with Crippen molar-refractivity contribution in [1.82, 2.24) is 19.5 Å². The SMILES string of the molecule is CCNC1CCCC1CCn1ccn2nc(C)cc2c1=O. The fourth-order valence-electron chi connectivity index (χ4n) is 3.54. The third-order valence-corrected chi connectivity index (χ3v) is 4.59. The van der Waals surface area contributed by atoms with Crippen LogP contribution in [-0.4, -0.2) is 26.8 Å². The van der Waals surface area contributed by atoms with Crippen LogP contribution in [0.25, 0.3) is 5.52 Å². The number of nitrogens with one attached hydrogen (secondary N) is 1. The van der Waals surface area contributed by atoms with Crippen LogP contribution in [0.3, 0.4) is 0 Å². The predicted octanol–water partition coefficient (Wildman–Crippen LogP) is 1.97. The smallest absolute Gasteiger partial charge is 0.276 e. The van der Waals surface area contributed by atoms with Crippen LogP contribution in [0.5, 0.6) is 0 Å². The summed E-state index contributed by atoms with van der Waals surface area (Å²) in [4.78, 5) is 12.4. The zero-order valence-corrected chi connectivity index (χ0v) is 12.9. The lowest BCUT2D eigenvalue weighted by Crippen LogP contribution is -2.33. The van der Waals surface area contributed by atoms with Gasteiger partial charge in [0.2, 0.25) is 0 Å². The fourth-order valence-corrected chi connectivity index (χ4v) is 3.54. The average molecular weight is 288 g/mol. The van der Waals surface area contributed by atoms with Gasteiger partial charge in [0, 0.05) is 25.0 Å². The summed E-state index contributed by atoms with van der Waals surface area (Å²) < 4.78 is 3.50. The van der Waals surface area contributed by atoms with E-state index in [0.717, 1.165) is 25.2 Å². The summed E-state index contributed by atoms with van der Waals surface area (Å²) in [6, 6.07) is 2.49. The van der Waals surface area contributed by atoms with E-state index in [-0.39, 0.29) is 5.56 Å². The molecule has 1 saturated carbocycles. The summed E-state index contributed by atoms with van der Waals surface area (Å²) in [5, 5.41) is 7.86. The van der Waals surface area contributed by atoms with E-state index in [4.69, 9.17) is 0 Å². The minimum Gasteiger partial charge on any atom is -0.314 e. The molecule has 0 saturated heterocycles. The van der Waals surface area contributed by atoms with Crippen LogP contribution >= 0.6 is 0 Å². The molecule has 0 aromatic carbocycles. The molecule has 5 nitrogen and oxygen atoms in total. The molecule has 0 spiro atoms. The van der Waals surface area contributed by atoms with Crippen molar-refractivity contribution in [2.24, 2.45) is 5.92 Å². The first-order valence-electron chi connectivity index (χ1n) is 7.98. The lowest BCUT2D eigenvalue weighted by atomic mass is 9.99. The molecule has 1 aliphatic carbocycles. The second-order valence-electron chi connectivity index (χ2n) is 6.06. The molecule has 21 heavy (non-hydrogen) atoms. The fraction of sp³-hybridized carbons (Fsp3) is 0.625. The molecule has 2 aromatic rings. The second-order valence-corrected chi connectivity index (χ2v) is 6.06. The Hall–Kier alpha value is -1.62. The number of aromatic nitrogens is 3. The molecular weight excluding hydrogens is 264 g/mol. The Bertz CT molecular complexity index is 672. The maximum atomic E-state index is 12.4. The molecule has 2 unspecified atom stereocenters. The Balaban J connectivity index is 1.73. The van der Waals surface area contributed by atoms with Gasteiger partial charge in [-0.15, -0.1) is 0 Å². The third-order valence-electron chi connectivity index (χ3n) is 4.59. The van der Waals surface area contributed by atoms with Gasteiger partial charge in [-0.3, -0.25) is 4.79 Å². The summed E-state index contributed by atoms with van der Waals surface area (Å²) in [6.07, 6.45) is 8.66. The predicted molar refractivity (Wildman–Crippen MR) is 83.6 cm³/mol. The molecule has 5 heteroatoms. The summed E-state index contributed by atoms with van der Waals surface area (Å²) in [5.41, 5.74) is 1.62. The molecule has 2 heterocycles. The van der Waals surface area contributed by atoms with Gasteiger partial charge in [0.05, 0.1) is 5.69 Å². The van der Waals surface area contributed by atoms with E-state index >= 15 is 0 Å². The largest absolute Gasteiger partial charge is 0.314 e. The van der Waals surface area contributed by atoms with Crippen molar-refractivity contribution >= 4 is 5.52 Å². The van der Waals surface area contributed by atoms with Crippen molar-refractivity contribution in [2.45, 2.75) is 52.1 Å². The molecular formula is C16H24N4O. The van der Waals surface area contributed by atoms with Gasteiger partial charge >= 0.3 is 0 Å². The highest BCUT2D eigenvalue weighted by molar-refractivity contribution is 5.44. The monoisotopic (exact) mass is 288 g/mol. The normalized spacial score (nSPS) is 22.2. The van der Waals surface area contributed by atoms with Crippen molar-refractivity contribution < 1.29 is 0 Å². The molecule has 3 rings (SSSR count). The Morgan fingerprint density at radius 2 is 2.24 bits per heavy atom. The molecule has 0 amide bonds.